The third-order valence-corrected chi connectivity index (χ3v) is 1.87. The van der Waals surface area contributed by atoms with Crippen LogP contribution in [0.25, 0.3) is 0 Å². The molecule has 1 atom stereocenters. The van der Waals surface area contributed by atoms with E-state index in [2.05, 4.69) is 17.9 Å². The molecule has 0 fully saturated rings. The van der Waals surface area contributed by atoms with Gasteiger partial charge >= 0.3 is 12.1 Å². The monoisotopic (exact) mass is 257 g/mol. The normalized spacial score (nSPS) is 14.4. The van der Waals surface area contributed by atoms with Crippen LogP contribution in [0.2, 0.25) is 0 Å². The molecule has 0 saturated carbocycles. The Labute approximate surface area is 94.9 Å². The lowest BCUT2D eigenvalue weighted by Gasteiger charge is -2.13. The number of carboxylic acids is 1. The van der Waals surface area contributed by atoms with Crippen LogP contribution in [-0.2, 0) is 9.59 Å². The first-order valence-electron chi connectivity index (χ1n) is 4.08. The van der Waals surface area contributed by atoms with Gasteiger partial charge in [-0.05, 0) is 6.92 Å². The van der Waals surface area contributed by atoms with E-state index in [-0.39, 0.29) is 11.4 Å². The summed E-state index contributed by atoms with van der Waals surface area (Å²) < 4.78 is 35.5. The first-order chi connectivity index (χ1) is 7.18. The number of allylic oxidation sites excluding steroid dienone is 2. The summed E-state index contributed by atoms with van der Waals surface area (Å²) in [5, 5.41) is 10.8. The van der Waals surface area contributed by atoms with Crippen LogP contribution in [0, 0.1) is 0 Å². The van der Waals surface area contributed by atoms with Gasteiger partial charge in [0, 0.05) is 17.5 Å². The average molecular weight is 257 g/mol. The molecule has 0 radical (unpaired) electrons. The number of alkyl halides is 3. The molecule has 0 heterocycles. The molecule has 16 heavy (non-hydrogen) atoms. The third-order valence-electron chi connectivity index (χ3n) is 1.51. The van der Waals surface area contributed by atoms with Crippen LogP contribution < -0.4 is 5.32 Å². The molecular formula is C8H10F3NO3S. The maximum Gasteiger partial charge on any atom is 0.454 e. The van der Waals surface area contributed by atoms with E-state index in [0.29, 0.717) is 6.08 Å². The van der Waals surface area contributed by atoms with E-state index in [1.807, 2.05) is 0 Å². The van der Waals surface area contributed by atoms with Crippen molar-refractivity contribution in [3.63, 3.8) is 0 Å². The lowest BCUT2D eigenvalue weighted by molar-refractivity contribution is -0.165. The van der Waals surface area contributed by atoms with Gasteiger partial charge in [0.1, 0.15) is 6.04 Å². The zero-order chi connectivity index (χ0) is 12.9. The highest BCUT2D eigenvalue weighted by Crippen LogP contribution is 2.17. The number of aliphatic carboxylic acids is 1. The van der Waals surface area contributed by atoms with E-state index >= 15 is 0 Å². The Hall–Kier alpha value is -1.18. The van der Waals surface area contributed by atoms with Gasteiger partial charge in [-0.2, -0.15) is 25.8 Å². The molecule has 0 aliphatic rings. The number of halogens is 3. The second-order valence-corrected chi connectivity index (χ2v) is 3.27. The topological polar surface area (TPSA) is 66.4 Å². The third kappa shape index (κ3) is 5.06. The fourth-order valence-electron chi connectivity index (χ4n) is 0.780. The highest BCUT2D eigenvalue weighted by Gasteiger charge is 2.36. The van der Waals surface area contributed by atoms with Gasteiger partial charge in [0.15, 0.2) is 0 Å². The summed E-state index contributed by atoms with van der Waals surface area (Å²) >= 11 is 3.70. The van der Waals surface area contributed by atoms with Crippen LogP contribution in [0.15, 0.2) is 11.8 Å². The molecule has 0 aromatic rings. The maximum absolute atomic E-state index is 11.8. The van der Waals surface area contributed by atoms with Crippen molar-refractivity contribution in [2.75, 3.05) is 5.75 Å². The first-order valence-corrected chi connectivity index (χ1v) is 4.71. The Morgan fingerprint density at radius 1 is 1.50 bits per heavy atom. The predicted molar refractivity (Wildman–Crippen MR) is 53.2 cm³/mol. The molecule has 0 spiro atoms. The number of carbonyl (C=O) groups is 2. The number of carboxylic acid groups (broad SMARTS) is 1. The number of nitrogens with one attached hydrogen (secondary N) is 1. The minimum absolute atomic E-state index is 0.110. The van der Waals surface area contributed by atoms with E-state index < -0.39 is 24.0 Å². The molecule has 8 heteroatoms. The molecule has 0 aliphatic carbocycles. The minimum Gasteiger partial charge on any atom is -0.480 e. The van der Waals surface area contributed by atoms with Gasteiger partial charge in [-0.1, -0.05) is 0 Å². The van der Waals surface area contributed by atoms with E-state index in [0.717, 1.165) is 0 Å². The van der Waals surface area contributed by atoms with Crippen LogP contribution >= 0.6 is 12.6 Å². The van der Waals surface area contributed by atoms with Gasteiger partial charge in [0.05, 0.1) is 0 Å². The van der Waals surface area contributed by atoms with Gasteiger partial charge in [0.2, 0.25) is 0 Å². The molecule has 0 aromatic carbocycles. The molecule has 0 aromatic heterocycles. The predicted octanol–water partition coefficient (Wildman–Crippen LogP) is 0.994. The van der Waals surface area contributed by atoms with Crippen LogP contribution in [-0.4, -0.2) is 34.8 Å². The fourth-order valence-corrected chi connectivity index (χ4v) is 1.03. The molecule has 0 rings (SSSR count). The Morgan fingerprint density at radius 3 is 2.31 bits per heavy atom. The summed E-state index contributed by atoms with van der Waals surface area (Å²) in [7, 11) is 0. The zero-order valence-corrected chi connectivity index (χ0v) is 9.10. The second kappa shape index (κ2) is 5.78. The van der Waals surface area contributed by atoms with Crippen molar-refractivity contribution in [2.45, 2.75) is 19.1 Å². The average Bonchev–Trinajstić information content (AvgIpc) is 2.11. The second-order valence-electron chi connectivity index (χ2n) is 2.91. The molecule has 0 amide bonds. The van der Waals surface area contributed by atoms with Crippen molar-refractivity contribution in [2.24, 2.45) is 0 Å². The van der Waals surface area contributed by atoms with E-state index in [4.69, 9.17) is 5.11 Å². The van der Waals surface area contributed by atoms with Gasteiger partial charge in [0.25, 0.3) is 5.78 Å². The molecular weight excluding hydrogens is 247 g/mol. The lowest BCUT2D eigenvalue weighted by Crippen LogP contribution is -2.37. The summed E-state index contributed by atoms with van der Waals surface area (Å²) in [5.74, 6) is -3.41. The fraction of sp³-hybridized carbons (Fsp3) is 0.500. The van der Waals surface area contributed by atoms with Gasteiger partial charge < -0.3 is 10.4 Å². The largest absolute Gasteiger partial charge is 0.480 e. The van der Waals surface area contributed by atoms with E-state index in [9.17, 15) is 22.8 Å². The van der Waals surface area contributed by atoms with E-state index in [1.165, 1.54) is 6.92 Å². The van der Waals surface area contributed by atoms with E-state index in [1.54, 1.807) is 0 Å². The van der Waals surface area contributed by atoms with Crippen molar-refractivity contribution in [3.8, 4) is 0 Å². The zero-order valence-electron chi connectivity index (χ0n) is 8.21. The molecule has 0 unspecified atom stereocenters. The Bertz CT molecular complexity index is 314. The SMILES string of the molecule is C/C(=C/C(=O)C(F)(F)F)N[C@@H](CS)C(=O)O. The Kier molecular flexibility index (Phi) is 5.36. The minimum atomic E-state index is -4.96. The van der Waals surface area contributed by atoms with Crippen molar-refractivity contribution in [3.05, 3.63) is 11.8 Å². The summed E-state index contributed by atoms with van der Waals surface area (Å²) in [4.78, 5) is 21.0. The molecule has 0 saturated heterocycles. The van der Waals surface area contributed by atoms with Crippen molar-refractivity contribution >= 4 is 24.4 Å². The van der Waals surface area contributed by atoms with Crippen LogP contribution in [0.4, 0.5) is 13.2 Å². The van der Waals surface area contributed by atoms with Crippen LogP contribution in [0.1, 0.15) is 6.92 Å². The number of hydrogen-bond donors (Lipinski definition) is 3. The van der Waals surface area contributed by atoms with Gasteiger partial charge in [-0.15, -0.1) is 0 Å². The van der Waals surface area contributed by atoms with Crippen LogP contribution in [0.5, 0.6) is 0 Å². The van der Waals surface area contributed by atoms with Crippen molar-refractivity contribution < 1.29 is 27.9 Å². The number of rotatable bonds is 5. The highest BCUT2D eigenvalue weighted by molar-refractivity contribution is 7.80. The molecule has 4 nitrogen and oxygen atoms in total. The molecule has 0 aliphatic heterocycles. The number of carbonyl (C=O) groups excluding carboxylic acids is 1. The quantitative estimate of drug-likeness (QED) is 0.507. The Morgan fingerprint density at radius 2 is 2.00 bits per heavy atom. The van der Waals surface area contributed by atoms with Gasteiger partial charge in [-0.3, -0.25) is 4.79 Å². The molecule has 92 valence electrons. The summed E-state index contributed by atoms with van der Waals surface area (Å²) in [5.41, 5.74) is -0.177. The summed E-state index contributed by atoms with van der Waals surface area (Å²) in [6.07, 6.45) is -4.65. The lowest BCUT2D eigenvalue weighted by atomic mass is 10.2. The summed E-state index contributed by atoms with van der Waals surface area (Å²) in [6.45, 7) is 1.17. The first kappa shape index (κ1) is 14.8. The number of hydrogen-bond acceptors (Lipinski definition) is 4. The smallest absolute Gasteiger partial charge is 0.454 e. The standard InChI is InChI=1S/C8H10F3NO3S/c1-4(2-6(13)8(9,10)11)12-5(3-16)7(14)15/h2,5,12,16H,3H2,1H3,(H,14,15)/b4-2-/t5-/m0/s1. The Balaban J connectivity index is 4.57. The van der Waals surface area contributed by atoms with Gasteiger partial charge in [-0.25, -0.2) is 4.79 Å². The number of ketones is 1. The van der Waals surface area contributed by atoms with Crippen LogP contribution in [0.3, 0.4) is 0 Å². The molecule has 0 bridgehead atoms. The number of thiol groups is 1. The van der Waals surface area contributed by atoms with Crippen molar-refractivity contribution in [1.29, 1.82) is 0 Å². The van der Waals surface area contributed by atoms with Crippen molar-refractivity contribution in [1.82, 2.24) is 5.32 Å². The maximum atomic E-state index is 11.8. The molecule has 2 N–H and O–H groups in total. The highest BCUT2D eigenvalue weighted by atomic mass is 32.1. The summed E-state index contributed by atoms with van der Waals surface area (Å²) in [6, 6.07) is -1.14.